The van der Waals surface area contributed by atoms with E-state index >= 15 is 0 Å². The first-order valence-electron chi connectivity index (χ1n) is 8.42. The number of nitrogens with one attached hydrogen (secondary N) is 1. The average molecular weight is 331 g/mol. The van der Waals surface area contributed by atoms with E-state index in [-0.39, 0.29) is 11.7 Å². The van der Waals surface area contributed by atoms with E-state index in [0.29, 0.717) is 25.3 Å². The molecule has 0 aromatic rings. The molecule has 2 fully saturated rings. The lowest BCUT2D eigenvalue weighted by Crippen LogP contribution is -2.51. The van der Waals surface area contributed by atoms with Gasteiger partial charge in [0.2, 0.25) is 15.9 Å². The lowest BCUT2D eigenvalue weighted by molar-refractivity contribution is -0.136. The first-order chi connectivity index (χ1) is 10.5. The van der Waals surface area contributed by atoms with Crippen LogP contribution in [0.2, 0.25) is 0 Å². The second kappa shape index (κ2) is 7.75. The molecule has 2 saturated heterocycles. The van der Waals surface area contributed by atoms with Gasteiger partial charge in [-0.25, -0.2) is 8.42 Å². The van der Waals surface area contributed by atoms with E-state index in [4.69, 9.17) is 0 Å². The molecular weight excluding hydrogens is 302 g/mol. The van der Waals surface area contributed by atoms with Crippen LogP contribution in [0.15, 0.2) is 0 Å². The highest BCUT2D eigenvalue weighted by Crippen LogP contribution is 2.25. The maximum atomic E-state index is 12.8. The Hall–Kier alpha value is -0.660. The van der Waals surface area contributed by atoms with E-state index in [2.05, 4.69) is 5.32 Å². The summed E-state index contributed by atoms with van der Waals surface area (Å²) < 4.78 is 26.1. The Bertz CT molecular complexity index is 478. The number of nitrogens with zero attached hydrogens (tertiary/aromatic N) is 2. The van der Waals surface area contributed by atoms with Crippen molar-refractivity contribution < 1.29 is 13.2 Å². The van der Waals surface area contributed by atoms with Gasteiger partial charge in [-0.05, 0) is 51.6 Å². The van der Waals surface area contributed by atoms with Crippen molar-refractivity contribution in [3.05, 3.63) is 0 Å². The zero-order valence-electron chi connectivity index (χ0n) is 13.8. The fourth-order valence-corrected chi connectivity index (χ4v) is 5.37. The molecule has 2 rings (SSSR count). The van der Waals surface area contributed by atoms with Gasteiger partial charge in [-0.15, -0.1) is 0 Å². The summed E-state index contributed by atoms with van der Waals surface area (Å²) in [6.45, 7) is 4.77. The van der Waals surface area contributed by atoms with Crippen LogP contribution in [0.5, 0.6) is 0 Å². The number of carbonyl (C=O) groups excluding carboxylic acids is 1. The van der Waals surface area contributed by atoms with Crippen LogP contribution < -0.4 is 5.32 Å². The molecule has 2 heterocycles. The van der Waals surface area contributed by atoms with E-state index < -0.39 is 16.1 Å². The van der Waals surface area contributed by atoms with Crippen LogP contribution in [0, 0.1) is 5.92 Å². The van der Waals surface area contributed by atoms with Crippen LogP contribution in [-0.2, 0) is 14.8 Å². The standard InChI is InChI=1S/C15H29N3O3S/c1-3-10-22(20,21)18-9-5-7-14(18)15(19)17-8-4-6-13(12-17)11-16-2/h13-14,16H,3-12H2,1-2H3. The van der Waals surface area contributed by atoms with Gasteiger partial charge in [0.15, 0.2) is 0 Å². The fraction of sp³-hybridized carbons (Fsp3) is 0.933. The maximum Gasteiger partial charge on any atom is 0.241 e. The number of likely N-dealkylation sites (tertiary alicyclic amines) is 1. The zero-order chi connectivity index (χ0) is 16.2. The monoisotopic (exact) mass is 331 g/mol. The predicted molar refractivity (Wildman–Crippen MR) is 87.0 cm³/mol. The number of rotatable bonds is 6. The number of amides is 1. The van der Waals surface area contributed by atoms with Gasteiger partial charge in [-0.3, -0.25) is 4.79 Å². The first kappa shape index (κ1) is 17.7. The minimum atomic E-state index is -3.29. The molecule has 2 aliphatic heterocycles. The van der Waals surface area contributed by atoms with Crippen LogP contribution in [0.4, 0.5) is 0 Å². The number of carbonyl (C=O) groups is 1. The molecule has 0 radical (unpaired) electrons. The highest BCUT2D eigenvalue weighted by atomic mass is 32.2. The van der Waals surface area contributed by atoms with Crippen molar-refractivity contribution in [3.63, 3.8) is 0 Å². The molecule has 1 amide bonds. The molecule has 22 heavy (non-hydrogen) atoms. The number of sulfonamides is 1. The van der Waals surface area contributed by atoms with E-state index in [0.717, 1.165) is 38.9 Å². The maximum absolute atomic E-state index is 12.8. The Kier molecular flexibility index (Phi) is 6.23. The molecule has 2 atom stereocenters. The topological polar surface area (TPSA) is 69.7 Å². The Morgan fingerprint density at radius 1 is 1.23 bits per heavy atom. The normalized spacial score (nSPS) is 27.3. The van der Waals surface area contributed by atoms with Crippen LogP contribution in [0.1, 0.15) is 39.0 Å². The van der Waals surface area contributed by atoms with Crippen molar-refractivity contribution in [2.75, 3.05) is 39.0 Å². The summed E-state index contributed by atoms with van der Waals surface area (Å²) in [7, 11) is -1.37. The van der Waals surface area contributed by atoms with E-state index in [1.54, 1.807) is 0 Å². The van der Waals surface area contributed by atoms with E-state index in [1.165, 1.54) is 4.31 Å². The van der Waals surface area contributed by atoms with Crippen molar-refractivity contribution in [1.29, 1.82) is 0 Å². The van der Waals surface area contributed by atoms with Gasteiger partial charge in [0.1, 0.15) is 6.04 Å². The average Bonchev–Trinajstić information content (AvgIpc) is 2.97. The summed E-state index contributed by atoms with van der Waals surface area (Å²) in [5, 5.41) is 3.17. The second-order valence-corrected chi connectivity index (χ2v) is 8.48. The largest absolute Gasteiger partial charge is 0.341 e. The predicted octanol–water partition coefficient (Wildman–Crippen LogP) is 0.649. The third kappa shape index (κ3) is 4.00. The summed E-state index contributed by atoms with van der Waals surface area (Å²) in [5.74, 6) is 0.627. The molecular formula is C15H29N3O3S. The van der Waals surface area contributed by atoms with Gasteiger partial charge in [-0.1, -0.05) is 6.92 Å². The molecule has 0 bridgehead atoms. The number of hydrogen-bond donors (Lipinski definition) is 1. The van der Waals surface area contributed by atoms with Gasteiger partial charge in [0.25, 0.3) is 0 Å². The zero-order valence-corrected chi connectivity index (χ0v) is 14.6. The van der Waals surface area contributed by atoms with Crippen molar-refractivity contribution in [3.8, 4) is 0 Å². The summed E-state index contributed by atoms with van der Waals surface area (Å²) in [6, 6.07) is -0.468. The molecule has 0 saturated carbocycles. The third-order valence-corrected chi connectivity index (χ3v) is 6.71. The first-order valence-corrected chi connectivity index (χ1v) is 10.0. The van der Waals surface area contributed by atoms with Gasteiger partial charge in [0.05, 0.1) is 5.75 Å². The van der Waals surface area contributed by atoms with Crippen molar-refractivity contribution in [2.24, 2.45) is 5.92 Å². The SMILES string of the molecule is CCCS(=O)(=O)N1CCCC1C(=O)N1CCCC(CNC)C1. The number of piperidine rings is 1. The third-order valence-electron chi connectivity index (χ3n) is 4.63. The van der Waals surface area contributed by atoms with Crippen molar-refractivity contribution >= 4 is 15.9 Å². The molecule has 2 aliphatic rings. The summed E-state index contributed by atoms with van der Waals surface area (Å²) in [6.07, 6.45) is 4.18. The second-order valence-electron chi connectivity index (χ2n) is 6.43. The van der Waals surface area contributed by atoms with Crippen LogP contribution in [0.25, 0.3) is 0 Å². The minimum Gasteiger partial charge on any atom is -0.341 e. The van der Waals surface area contributed by atoms with Gasteiger partial charge in [0, 0.05) is 19.6 Å². The number of hydrogen-bond acceptors (Lipinski definition) is 4. The highest BCUT2D eigenvalue weighted by molar-refractivity contribution is 7.89. The van der Waals surface area contributed by atoms with Crippen LogP contribution in [-0.4, -0.2) is 68.6 Å². The summed E-state index contributed by atoms with van der Waals surface area (Å²) in [5.41, 5.74) is 0. The molecule has 128 valence electrons. The molecule has 0 aromatic carbocycles. The Morgan fingerprint density at radius 3 is 2.64 bits per heavy atom. The summed E-state index contributed by atoms with van der Waals surface area (Å²) >= 11 is 0. The Labute approximate surface area is 134 Å². The Morgan fingerprint density at radius 2 is 1.95 bits per heavy atom. The van der Waals surface area contributed by atoms with Gasteiger partial charge in [-0.2, -0.15) is 4.31 Å². The van der Waals surface area contributed by atoms with Crippen molar-refractivity contribution in [2.45, 2.75) is 45.1 Å². The highest BCUT2D eigenvalue weighted by Gasteiger charge is 2.40. The fourth-order valence-electron chi connectivity index (χ4n) is 3.63. The molecule has 1 N–H and O–H groups in total. The molecule has 0 spiro atoms. The lowest BCUT2D eigenvalue weighted by Gasteiger charge is -2.36. The minimum absolute atomic E-state index is 0.0120. The van der Waals surface area contributed by atoms with E-state index in [1.807, 2.05) is 18.9 Å². The quantitative estimate of drug-likeness (QED) is 0.776. The van der Waals surface area contributed by atoms with Gasteiger partial charge >= 0.3 is 0 Å². The molecule has 2 unspecified atom stereocenters. The summed E-state index contributed by atoms with van der Waals surface area (Å²) in [4.78, 5) is 14.7. The van der Waals surface area contributed by atoms with Gasteiger partial charge < -0.3 is 10.2 Å². The Balaban J connectivity index is 2.04. The molecule has 7 heteroatoms. The molecule has 6 nitrogen and oxygen atoms in total. The molecule has 0 aliphatic carbocycles. The lowest BCUT2D eigenvalue weighted by atomic mass is 9.97. The van der Waals surface area contributed by atoms with Crippen molar-refractivity contribution in [1.82, 2.24) is 14.5 Å². The van der Waals surface area contributed by atoms with Crippen LogP contribution in [0.3, 0.4) is 0 Å². The molecule has 0 aromatic heterocycles. The van der Waals surface area contributed by atoms with E-state index in [9.17, 15) is 13.2 Å². The smallest absolute Gasteiger partial charge is 0.241 e. The van der Waals surface area contributed by atoms with Crippen LogP contribution >= 0.6 is 0 Å².